The topological polar surface area (TPSA) is 72.5 Å². The summed E-state index contributed by atoms with van der Waals surface area (Å²) in [4.78, 5) is 23.6. The van der Waals surface area contributed by atoms with Gasteiger partial charge < -0.3 is 10.1 Å². The summed E-state index contributed by atoms with van der Waals surface area (Å²) in [5, 5.41) is 2.67. The molecular formula is C18H19NO4S. The highest BCUT2D eigenvalue weighted by molar-refractivity contribution is 7.85. The van der Waals surface area contributed by atoms with Crippen LogP contribution in [0.1, 0.15) is 17.3 Å². The minimum absolute atomic E-state index is 0.0225. The van der Waals surface area contributed by atoms with Crippen molar-refractivity contribution in [1.29, 1.82) is 0 Å². The summed E-state index contributed by atoms with van der Waals surface area (Å²) in [6.45, 7) is 1.67. The second-order valence-corrected chi connectivity index (χ2v) is 6.65. The molecule has 1 amide bonds. The Hall–Kier alpha value is -2.47. The van der Waals surface area contributed by atoms with Crippen molar-refractivity contribution in [2.24, 2.45) is 0 Å². The molecule has 0 spiro atoms. The minimum Gasteiger partial charge on any atom is -0.484 e. The molecule has 0 saturated carbocycles. The number of benzene rings is 2. The summed E-state index contributed by atoms with van der Waals surface area (Å²) in [6.07, 6.45) is 0. The second kappa shape index (κ2) is 8.98. The third kappa shape index (κ3) is 5.62. The van der Waals surface area contributed by atoms with Crippen LogP contribution in [-0.2, 0) is 15.6 Å². The van der Waals surface area contributed by atoms with E-state index in [1.165, 1.54) is 6.92 Å². The van der Waals surface area contributed by atoms with Crippen LogP contribution in [0.2, 0.25) is 0 Å². The predicted octanol–water partition coefficient (Wildman–Crippen LogP) is 2.19. The lowest BCUT2D eigenvalue weighted by molar-refractivity contribution is -0.122. The van der Waals surface area contributed by atoms with Crippen molar-refractivity contribution < 1.29 is 18.5 Å². The molecule has 0 heterocycles. The first-order chi connectivity index (χ1) is 11.6. The van der Waals surface area contributed by atoms with E-state index >= 15 is 0 Å². The SMILES string of the molecule is CC(=O)c1ccc(OCC(=O)NCC[S@](=O)c2ccccc2)cc1. The van der Waals surface area contributed by atoms with Crippen LogP contribution >= 0.6 is 0 Å². The lowest BCUT2D eigenvalue weighted by Crippen LogP contribution is -2.32. The van der Waals surface area contributed by atoms with Gasteiger partial charge in [0.25, 0.3) is 5.91 Å². The molecule has 0 aliphatic rings. The maximum Gasteiger partial charge on any atom is 0.257 e. The maximum atomic E-state index is 12.0. The van der Waals surface area contributed by atoms with Crippen LogP contribution in [0.5, 0.6) is 5.75 Å². The fourth-order valence-corrected chi connectivity index (χ4v) is 2.94. The van der Waals surface area contributed by atoms with E-state index in [0.29, 0.717) is 23.6 Å². The number of carbonyl (C=O) groups excluding carboxylic acids is 2. The molecule has 0 bridgehead atoms. The zero-order valence-electron chi connectivity index (χ0n) is 13.4. The number of nitrogens with one attached hydrogen (secondary N) is 1. The largest absolute Gasteiger partial charge is 0.484 e. The fraction of sp³-hybridized carbons (Fsp3) is 0.222. The van der Waals surface area contributed by atoms with Crippen LogP contribution in [0, 0.1) is 0 Å². The van der Waals surface area contributed by atoms with Crippen molar-refractivity contribution in [2.45, 2.75) is 11.8 Å². The predicted molar refractivity (Wildman–Crippen MR) is 92.7 cm³/mol. The molecule has 0 unspecified atom stereocenters. The van der Waals surface area contributed by atoms with Crippen molar-refractivity contribution >= 4 is 22.5 Å². The molecule has 0 aliphatic carbocycles. The summed E-state index contributed by atoms with van der Waals surface area (Å²) < 4.78 is 17.3. The third-order valence-corrected chi connectivity index (χ3v) is 4.62. The van der Waals surface area contributed by atoms with E-state index in [0.717, 1.165) is 4.90 Å². The molecule has 2 aromatic carbocycles. The van der Waals surface area contributed by atoms with E-state index < -0.39 is 10.8 Å². The first kappa shape index (κ1) is 17.9. The molecule has 24 heavy (non-hydrogen) atoms. The van der Waals surface area contributed by atoms with Gasteiger partial charge in [-0.15, -0.1) is 0 Å². The van der Waals surface area contributed by atoms with Crippen LogP contribution < -0.4 is 10.1 Å². The zero-order chi connectivity index (χ0) is 17.4. The molecule has 2 aromatic rings. The van der Waals surface area contributed by atoms with Gasteiger partial charge in [-0.3, -0.25) is 13.8 Å². The molecule has 0 fully saturated rings. The summed E-state index contributed by atoms with van der Waals surface area (Å²) in [6, 6.07) is 15.7. The van der Waals surface area contributed by atoms with Crippen molar-refractivity contribution in [3.05, 3.63) is 60.2 Å². The van der Waals surface area contributed by atoms with Gasteiger partial charge in [0.05, 0.1) is 10.8 Å². The fourth-order valence-electron chi connectivity index (χ4n) is 1.96. The van der Waals surface area contributed by atoms with Crippen LogP contribution in [0.3, 0.4) is 0 Å². The van der Waals surface area contributed by atoms with E-state index in [-0.39, 0.29) is 18.3 Å². The summed E-state index contributed by atoms with van der Waals surface area (Å²) in [5.74, 6) is 0.563. The van der Waals surface area contributed by atoms with Gasteiger partial charge >= 0.3 is 0 Å². The highest BCUT2D eigenvalue weighted by Gasteiger charge is 2.06. The number of rotatable bonds is 8. The zero-order valence-corrected chi connectivity index (χ0v) is 14.2. The van der Waals surface area contributed by atoms with Gasteiger partial charge in [-0.2, -0.15) is 0 Å². The van der Waals surface area contributed by atoms with Gasteiger partial charge in [0.1, 0.15) is 5.75 Å². The molecule has 0 saturated heterocycles. The number of hydrogen-bond acceptors (Lipinski definition) is 4. The Labute approximate surface area is 143 Å². The summed E-state index contributed by atoms with van der Waals surface area (Å²) in [5.41, 5.74) is 0.593. The van der Waals surface area contributed by atoms with E-state index in [1.54, 1.807) is 36.4 Å². The van der Waals surface area contributed by atoms with Crippen LogP contribution in [0.15, 0.2) is 59.5 Å². The van der Waals surface area contributed by atoms with Gasteiger partial charge in [0.15, 0.2) is 12.4 Å². The Morgan fingerprint density at radius 2 is 1.71 bits per heavy atom. The number of carbonyl (C=O) groups is 2. The molecule has 5 nitrogen and oxygen atoms in total. The highest BCUT2D eigenvalue weighted by Crippen LogP contribution is 2.12. The average Bonchev–Trinajstić information content (AvgIpc) is 2.61. The Bertz CT molecular complexity index is 714. The summed E-state index contributed by atoms with van der Waals surface area (Å²) >= 11 is 0. The normalized spacial score (nSPS) is 11.5. The quantitative estimate of drug-likeness (QED) is 0.745. The van der Waals surface area contributed by atoms with Crippen molar-refractivity contribution in [2.75, 3.05) is 18.9 Å². The van der Waals surface area contributed by atoms with Crippen molar-refractivity contribution in [3.8, 4) is 5.75 Å². The first-order valence-electron chi connectivity index (χ1n) is 7.50. The molecule has 0 aromatic heterocycles. The number of ether oxygens (including phenoxy) is 1. The molecule has 1 atom stereocenters. The number of ketones is 1. The van der Waals surface area contributed by atoms with Gasteiger partial charge in [-0.05, 0) is 43.3 Å². The highest BCUT2D eigenvalue weighted by atomic mass is 32.2. The summed E-state index contributed by atoms with van der Waals surface area (Å²) in [7, 11) is -1.13. The standard InChI is InChI=1S/C18H19NO4S/c1-14(20)15-7-9-16(10-8-15)23-13-18(21)19-11-12-24(22)17-5-3-2-4-6-17/h2-10H,11-13H2,1H3,(H,19,21)/t24-/m0/s1. The number of amides is 1. The molecule has 0 aliphatic heterocycles. The molecular weight excluding hydrogens is 326 g/mol. The smallest absolute Gasteiger partial charge is 0.257 e. The molecule has 0 radical (unpaired) electrons. The Balaban J connectivity index is 1.70. The van der Waals surface area contributed by atoms with E-state index in [9.17, 15) is 13.8 Å². The minimum atomic E-state index is -1.13. The van der Waals surface area contributed by atoms with Gasteiger partial charge in [-0.25, -0.2) is 0 Å². The average molecular weight is 345 g/mol. The lowest BCUT2D eigenvalue weighted by atomic mass is 10.1. The number of hydrogen-bond donors (Lipinski definition) is 1. The molecule has 1 N–H and O–H groups in total. The first-order valence-corrected chi connectivity index (χ1v) is 8.82. The van der Waals surface area contributed by atoms with E-state index in [4.69, 9.17) is 4.74 Å². The van der Waals surface area contributed by atoms with Crippen molar-refractivity contribution in [3.63, 3.8) is 0 Å². The molecule has 6 heteroatoms. The van der Waals surface area contributed by atoms with E-state index in [1.807, 2.05) is 18.2 Å². The van der Waals surface area contributed by atoms with Crippen LogP contribution in [0.4, 0.5) is 0 Å². The van der Waals surface area contributed by atoms with Gasteiger partial charge in [-0.1, -0.05) is 18.2 Å². The van der Waals surface area contributed by atoms with E-state index in [2.05, 4.69) is 5.32 Å². The Kier molecular flexibility index (Phi) is 6.69. The monoisotopic (exact) mass is 345 g/mol. The second-order valence-electron chi connectivity index (χ2n) is 5.08. The third-order valence-electron chi connectivity index (χ3n) is 3.25. The molecule has 2 rings (SSSR count). The van der Waals surface area contributed by atoms with Crippen LogP contribution in [-0.4, -0.2) is 34.8 Å². The number of Topliss-reactive ketones (excluding diaryl/α,β-unsaturated/α-hetero) is 1. The molecule has 126 valence electrons. The van der Waals surface area contributed by atoms with Crippen molar-refractivity contribution in [1.82, 2.24) is 5.32 Å². The lowest BCUT2D eigenvalue weighted by Gasteiger charge is -2.08. The Morgan fingerprint density at radius 1 is 1.04 bits per heavy atom. The van der Waals surface area contributed by atoms with Crippen LogP contribution in [0.25, 0.3) is 0 Å². The Morgan fingerprint density at radius 3 is 2.33 bits per heavy atom. The van der Waals surface area contributed by atoms with Gasteiger partial charge in [0.2, 0.25) is 0 Å². The maximum absolute atomic E-state index is 12.0. The van der Waals surface area contributed by atoms with Gasteiger partial charge in [0, 0.05) is 22.8 Å².